The Labute approximate surface area is 151 Å². The summed E-state index contributed by atoms with van der Waals surface area (Å²) in [6.45, 7) is 9.85. The molecule has 2 rings (SSSR count). The van der Waals surface area contributed by atoms with E-state index in [0.29, 0.717) is 0 Å². The second-order valence-corrected chi connectivity index (χ2v) is 8.74. The number of nitrogens with zero attached hydrogens (tertiary/aromatic N) is 1. The molecule has 1 fully saturated rings. The maximum Gasteiger partial charge on any atom is 0.325 e. The van der Waals surface area contributed by atoms with Gasteiger partial charge in [-0.1, -0.05) is 0 Å². The zero-order chi connectivity index (χ0) is 19.2. The van der Waals surface area contributed by atoms with Crippen molar-refractivity contribution >= 4 is 29.2 Å². The van der Waals surface area contributed by atoms with Gasteiger partial charge in [-0.3, -0.25) is 14.5 Å². The van der Waals surface area contributed by atoms with Gasteiger partial charge in [0.2, 0.25) is 0 Å². The summed E-state index contributed by atoms with van der Waals surface area (Å²) in [6, 6.07) is 1.10. The predicted octanol–water partition coefficient (Wildman–Crippen LogP) is 1.62. The number of rotatable bonds is 5. The SMILES string of the molecule is Cc1cc([C@H](C)NC(=O)[C@@](C)(O)CN2C(=O)NC(C)(C)C2=O)c(C)s1. The summed E-state index contributed by atoms with van der Waals surface area (Å²) in [7, 11) is 0. The molecule has 1 aromatic heterocycles. The van der Waals surface area contributed by atoms with Gasteiger partial charge >= 0.3 is 6.03 Å². The molecule has 0 radical (unpaired) electrons. The molecule has 2 heterocycles. The Morgan fingerprint density at radius 3 is 2.48 bits per heavy atom. The summed E-state index contributed by atoms with van der Waals surface area (Å²) >= 11 is 1.64. The Hall–Kier alpha value is -1.93. The van der Waals surface area contributed by atoms with E-state index >= 15 is 0 Å². The first kappa shape index (κ1) is 19.4. The second-order valence-electron chi connectivity index (χ2n) is 7.28. The average molecular weight is 367 g/mol. The number of hydrogen-bond donors (Lipinski definition) is 3. The van der Waals surface area contributed by atoms with Gasteiger partial charge < -0.3 is 15.7 Å². The lowest BCUT2D eigenvalue weighted by molar-refractivity contribution is -0.143. The Morgan fingerprint density at radius 1 is 1.44 bits per heavy atom. The third-order valence-electron chi connectivity index (χ3n) is 4.29. The molecule has 2 atom stereocenters. The van der Waals surface area contributed by atoms with E-state index in [1.165, 1.54) is 6.92 Å². The largest absolute Gasteiger partial charge is 0.378 e. The van der Waals surface area contributed by atoms with Crippen molar-refractivity contribution in [3.8, 4) is 0 Å². The van der Waals surface area contributed by atoms with Crippen LogP contribution >= 0.6 is 11.3 Å². The maximum atomic E-state index is 12.5. The molecule has 3 N–H and O–H groups in total. The highest BCUT2D eigenvalue weighted by atomic mass is 32.1. The van der Waals surface area contributed by atoms with Crippen LogP contribution in [0.1, 0.15) is 49.1 Å². The van der Waals surface area contributed by atoms with Crippen molar-refractivity contribution in [2.75, 3.05) is 6.54 Å². The molecule has 0 unspecified atom stereocenters. The third kappa shape index (κ3) is 3.85. The van der Waals surface area contributed by atoms with Crippen molar-refractivity contribution in [2.24, 2.45) is 0 Å². The van der Waals surface area contributed by atoms with Crippen LogP contribution in [0.25, 0.3) is 0 Å². The molecule has 7 nitrogen and oxygen atoms in total. The molecule has 138 valence electrons. The van der Waals surface area contributed by atoms with E-state index in [1.54, 1.807) is 25.2 Å². The van der Waals surface area contributed by atoms with E-state index in [1.807, 2.05) is 26.8 Å². The standard InChI is InChI=1S/C17H25N3O4S/c1-9-7-12(11(3)25-9)10(2)18-13(21)17(6,24)8-20-14(22)16(4,5)19-15(20)23/h7,10,24H,8H2,1-6H3,(H,18,21)(H,19,23)/t10-,17-/m0/s1. The van der Waals surface area contributed by atoms with Gasteiger partial charge in [-0.25, -0.2) is 4.79 Å². The molecule has 0 saturated carbocycles. The molecule has 1 saturated heterocycles. The van der Waals surface area contributed by atoms with Crippen LogP contribution in [0, 0.1) is 13.8 Å². The van der Waals surface area contributed by atoms with Crippen LogP contribution in [0.2, 0.25) is 0 Å². The molecule has 0 aliphatic carbocycles. The molecule has 0 spiro atoms. The zero-order valence-electron chi connectivity index (χ0n) is 15.4. The van der Waals surface area contributed by atoms with Crippen LogP contribution in [0.4, 0.5) is 4.79 Å². The number of β-amino-alcohol motifs (C(OH)–C–C–N with tert-alkyl or cyclic N) is 1. The number of hydrogen-bond acceptors (Lipinski definition) is 5. The van der Waals surface area contributed by atoms with E-state index in [2.05, 4.69) is 10.6 Å². The van der Waals surface area contributed by atoms with Crippen molar-refractivity contribution < 1.29 is 19.5 Å². The smallest absolute Gasteiger partial charge is 0.325 e. The van der Waals surface area contributed by atoms with Gasteiger partial charge in [0.1, 0.15) is 5.54 Å². The zero-order valence-corrected chi connectivity index (χ0v) is 16.2. The summed E-state index contributed by atoms with van der Waals surface area (Å²) in [5.74, 6) is -1.10. The van der Waals surface area contributed by atoms with Gasteiger partial charge in [0, 0.05) is 9.75 Å². The van der Waals surface area contributed by atoms with Crippen molar-refractivity contribution in [1.29, 1.82) is 0 Å². The lowest BCUT2D eigenvalue weighted by Gasteiger charge is -2.28. The number of urea groups is 1. The fourth-order valence-corrected chi connectivity index (χ4v) is 3.87. The number of carbonyl (C=O) groups is 3. The Morgan fingerprint density at radius 2 is 2.04 bits per heavy atom. The summed E-state index contributed by atoms with van der Waals surface area (Å²) < 4.78 is 0. The summed E-state index contributed by atoms with van der Waals surface area (Å²) in [4.78, 5) is 39.8. The highest BCUT2D eigenvalue weighted by Crippen LogP contribution is 2.27. The molecule has 1 aliphatic rings. The molecular weight excluding hydrogens is 342 g/mol. The topological polar surface area (TPSA) is 98.7 Å². The minimum atomic E-state index is -1.89. The van der Waals surface area contributed by atoms with Gasteiger partial charge in [0.05, 0.1) is 12.6 Å². The van der Waals surface area contributed by atoms with E-state index in [9.17, 15) is 19.5 Å². The maximum absolute atomic E-state index is 12.5. The molecule has 0 bridgehead atoms. The Kier molecular flexibility index (Phi) is 4.98. The van der Waals surface area contributed by atoms with Crippen molar-refractivity contribution in [3.63, 3.8) is 0 Å². The normalized spacial score (nSPS) is 20.2. The molecule has 1 aliphatic heterocycles. The fraction of sp³-hybridized carbons (Fsp3) is 0.588. The first-order valence-electron chi connectivity index (χ1n) is 8.09. The monoisotopic (exact) mass is 367 g/mol. The minimum absolute atomic E-state index is 0.288. The number of amides is 4. The number of carbonyl (C=O) groups excluding carboxylic acids is 3. The van der Waals surface area contributed by atoms with Crippen LogP contribution in [0.3, 0.4) is 0 Å². The van der Waals surface area contributed by atoms with Gasteiger partial charge in [0.25, 0.3) is 11.8 Å². The van der Waals surface area contributed by atoms with Gasteiger partial charge in [-0.05, 0) is 53.2 Å². The first-order valence-corrected chi connectivity index (χ1v) is 8.91. The van der Waals surface area contributed by atoms with E-state index in [-0.39, 0.29) is 6.04 Å². The average Bonchev–Trinajstić information content (AvgIpc) is 2.90. The Balaban J connectivity index is 2.09. The summed E-state index contributed by atoms with van der Waals surface area (Å²) in [6.07, 6.45) is 0. The number of aliphatic hydroxyl groups is 1. The highest BCUT2D eigenvalue weighted by Gasteiger charge is 2.48. The Bertz CT molecular complexity index is 723. The van der Waals surface area contributed by atoms with Gasteiger partial charge in [-0.2, -0.15) is 0 Å². The fourth-order valence-electron chi connectivity index (χ4n) is 2.85. The van der Waals surface area contributed by atoms with Crippen LogP contribution in [-0.2, 0) is 9.59 Å². The molecule has 0 aromatic carbocycles. The van der Waals surface area contributed by atoms with E-state index in [4.69, 9.17) is 0 Å². The van der Waals surface area contributed by atoms with Gasteiger partial charge in [-0.15, -0.1) is 11.3 Å². The van der Waals surface area contributed by atoms with Crippen molar-refractivity contribution in [2.45, 2.75) is 58.7 Å². The third-order valence-corrected chi connectivity index (χ3v) is 5.27. The lowest BCUT2D eigenvalue weighted by atomic mass is 10.0. The number of nitrogens with one attached hydrogen (secondary N) is 2. The molecule has 1 aromatic rings. The molecular formula is C17H25N3O4S. The summed E-state index contributed by atoms with van der Waals surface area (Å²) in [5, 5.41) is 15.8. The number of aryl methyl sites for hydroxylation is 2. The minimum Gasteiger partial charge on any atom is -0.378 e. The van der Waals surface area contributed by atoms with Crippen LogP contribution in [0.15, 0.2) is 6.07 Å². The molecule has 8 heteroatoms. The van der Waals surface area contributed by atoms with Crippen LogP contribution in [0.5, 0.6) is 0 Å². The van der Waals surface area contributed by atoms with Crippen molar-refractivity contribution in [1.82, 2.24) is 15.5 Å². The number of thiophene rings is 1. The first-order chi connectivity index (χ1) is 11.3. The second kappa shape index (κ2) is 6.42. The van der Waals surface area contributed by atoms with Crippen LogP contribution < -0.4 is 10.6 Å². The molecule has 25 heavy (non-hydrogen) atoms. The van der Waals surface area contributed by atoms with Crippen molar-refractivity contribution in [3.05, 3.63) is 21.4 Å². The summed E-state index contributed by atoms with van der Waals surface area (Å²) in [5.41, 5.74) is -1.94. The predicted molar refractivity (Wildman–Crippen MR) is 95.3 cm³/mol. The number of imide groups is 1. The quantitative estimate of drug-likeness (QED) is 0.689. The van der Waals surface area contributed by atoms with E-state index in [0.717, 1.165) is 20.2 Å². The lowest BCUT2D eigenvalue weighted by Crippen LogP contribution is -2.54. The molecule has 4 amide bonds. The van der Waals surface area contributed by atoms with Crippen LogP contribution in [-0.4, -0.2) is 45.5 Å². The van der Waals surface area contributed by atoms with E-state index < -0.39 is 35.5 Å². The van der Waals surface area contributed by atoms with Gasteiger partial charge in [0.15, 0.2) is 5.60 Å². The highest BCUT2D eigenvalue weighted by molar-refractivity contribution is 7.12.